The van der Waals surface area contributed by atoms with E-state index in [9.17, 15) is 9.50 Å². The van der Waals surface area contributed by atoms with Crippen LogP contribution in [0.1, 0.15) is 6.23 Å². The molecule has 0 aromatic carbocycles. The lowest BCUT2D eigenvalue weighted by atomic mass is 10.1. The van der Waals surface area contributed by atoms with Crippen LogP contribution in [0, 0.1) is 0 Å². The summed E-state index contributed by atoms with van der Waals surface area (Å²) in [5, 5.41) is 19.0. The van der Waals surface area contributed by atoms with Gasteiger partial charge in [0.1, 0.15) is 24.1 Å². The molecular formula is C10H10ClFN4O3. The summed E-state index contributed by atoms with van der Waals surface area (Å²) in [6.45, 7) is -0.517. The van der Waals surface area contributed by atoms with Gasteiger partial charge in [0.05, 0.1) is 12.9 Å². The maximum absolute atomic E-state index is 13.7. The largest absolute Gasteiger partial charge is 0.394 e. The van der Waals surface area contributed by atoms with E-state index in [1.165, 1.54) is 17.2 Å². The van der Waals surface area contributed by atoms with Gasteiger partial charge in [-0.25, -0.2) is 19.3 Å². The zero-order valence-corrected chi connectivity index (χ0v) is 10.3. The van der Waals surface area contributed by atoms with Crippen LogP contribution in [0.4, 0.5) is 4.39 Å². The van der Waals surface area contributed by atoms with Gasteiger partial charge in [-0.05, 0) is 0 Å². The van der Waals surface area contributed by atoms with Crippen LogP contribution in [-0.4, -0.2) is 54.7 Å². The summed E-state index contributed by atoms with van der Waals surface area (Å²) in [5.74, 6) is 0. The number of aromatic nitrogens is 4. The van der Waals surface area contributed by atoms with Gasteiger partial charge in [0.15, 0.2) is 23.2 Å². The number of hydrogen-bond donors (Lipinski definition) is 2. The Morgan fingerprint density at radius 1 is 1.42 bits per heavy atom. The van der Waals surface area contributed by atoms with Gasteiger partial charge in [-0.2, -0.15) is 0 Å². The van der Waals surface area contributed by atoms with Crippen LogP contribution in [0.3, 0.4) is 0 Å². The predicted molar refractivity (Wildman–Crippen MR) is 62.2 cm³/mol. The van der Waals surface area contributed by atoms with E-state index in [4.69, 9.17) is 21.4 Å². The molecule has 102 valence electrons. The Bertz CT molecular complexity index is 609. The standard InChI is InChI=1S/C10H10ClFN4O3/c11-8-6-9(14-2-13-8)16(3-15-6)10-7(18)5(12)4(1-17)19-10/h2-5,7,10,17-18H,1H2/t4-,5?,7+,10-/m1/s1. The zero-order valence-electron chi connectivity index (χ0n) is 9.52. The fourth-order valence-electron chi connectivity index (χ4n) is 2.10. The number of imidazole rings is 1. The highest BCUT2D eigenvalue weighted by atomic mass is 35.5. The smallest absolute Gasteiger partial charge is 0.167 e. The van der Waals surface area contributed by atoms with Gasteiger partial charge in [-0.1, -0.05) is 11.6 Å². The van der Waals surface area contributed by atoms with Crippen molar-refractivity contribution in [3.8, 4) is 0 Å². The van der Waals surface area contributed by atoms with Crippen molar-refractivity contribution in [3.05, 3.63) is 17.8 Å². The van der Waals surface area contributed by atoms with Crippen LogP contribution in [0.15, 0.2) is 12.7 Å². The van der Waals surface area contributed by atoms with Crippen molar-refractivity contribution in [3.63, 3.8) is 0 Å². The molecule has 9 heteroatoms. The summed E-state index contributed by atoms with van der Waals surface area (Å²) in [4.78, 5) is 11.8. The second kappa shape index (κ2) is 4.64. The first-order valence-electron chi connectivity index (χ1n) is 5.55. The lowest BCUT2D eigenvalue weighted by Gasteiger charge is -2.15. The Balaban J connectivity index is 2.04. The van der Waals surface area contributed by atoms with Crippen molar-refractivity contribution < 1.29 is 19.3 Å². The summed E-state index contributed by atoms with van der Waals surface area (Å²) in [5.41, 5.74) is 0.665. The van der Waals surface area contributed by atoms with Gasteiger partial charge in [-0.3, -0.25) is 4.57 Å². The van der Waals surface area contributed by atoms with E-state index in [0.717, 1.165) is 0 Å². The number of ether oxygens (including phenoxy) is 1. The van der Waals surface area contributed by atoms with Crippen molar-refractivity contribution in [1.29, 1.82) is 0 Å². The molecule has 2 aromatic heterocycles. The zero-order chi connectivity index (χ0) is 13.6. The van der Waals surface area contributed by atoms with Gasteiger partial charge in [0.2, 0.25) is 0 Å². The molecule has 19 heavy (non-hydrogen) atoms. The maximum Gasteiger partial charge on any atom is 0.167 e. The number of rotatable bonds is 2. The first kappa shape index (κ1) is 12.7. The van der Waals surface area contributed by atoms with E-state index in [2.05, 4.69) is 15.0 Å². The molecule has 1 fully saturated rings. The molecule has 3 heterocycles. The average Bonchev–Trinajstić information content (AvgIpc) is 2.94. The van der Waals surface area contributed by atoms with Crippen molar-refractivity contribution >= 4 is 22.8 Å². The first-order valence-corrected chi connectivity index (χ1v) is 5.92. The maximum atomic E-state index is 13.7. The van der Waals surface area contributed by atoms with E-state index in [1.807, 2.05) is 0 Å². The monoisotopic (exact) mass is 288 g/mol. The minimum atomic E-state index is -1.68. The van der Waals surface area contributed by atoms with E-state index in [0.29, 0.717) is 11.2 Å². The molecule has 7 nitrogen and oxygen atoms in total. The molecule has 2 N–H and O–H groups in total. The molecule has 1 aliphatic heterocycles. The van der Waals surface area contributed by atoms with Crippen LogP contribution in [0.5, 0.6) is 0 Å². The lowest BCUT2D eigenvalue weighted by Crippen LogP contribution is -2.29. The Labute approximate surface area is 111 Å². The van der Waals surface area contributed by atoms with Crippen LogP contribution in [-0.2, 0) is 4.74 Å². The lowest BCUT2D eigenvalue weighted by molar-refractivity contribution is -0.0495. The van der Waals surface area contributed by atoms with E-state index < -0.39 is 31.2 Å². The first-order chi connectivity index (χ1) is 9.13. The molecule has 0 saturated carbocycles. The number of alkyl halides is 1. The molecule has 0 spiro atoms. The highest BCUT2D eigenvalue weighted by Crippen LogP contribution is 2.33. The van der Waals surface area contributed by atoms with E-state index in [-0.39, 0.29) is 5.15 Å². The summed E-state index contributed by atoms with van der Waals surface area (Å²) < 4.78 is 20.3. The number of nitrogens with zero attached hydrogens (tertiary/aromatic N) is 4. The molecule has 0 aliphatic carbocycles. The van der Waals surface area contributed by atoms with Gasteiger partial charge in [-0.15, -0.1) is 0 Å². The Morgan fingerprint density at radius 2 is 2.21 bits per heavy atom. The number of fused-ring (bicyclic) bond motifs is 1. The summed E-state index contributed by atoms with van der Waals surface area (Å²) >= 11 is 5.85. The minimum Gasteiger partial charge on any atom is -0.394 e. The second-order valence-corrected chi connectivity index (χ2v) is 4.53. The van der Waals surface area contributed by atoms with Gasteiger partial charge in [0.25, 0.3) is 0 Å². The summed E-state index contributed by atoms with van der Waals surface area (Å²) in [7, 11) is 0. The highest BCUT2D eigenvalue weighted by molar-refractivity contribution is 6.33. The number of hydrogen-bond acceptors (Lipinski definition) is 6. The van der Waals surface area contributed by atoms with Crippen LogP contribution >= 0.6 is 11.6 Å². The molecule has 1 aliphatic rings. The van der Waals surface area contributed by atoms with Crippen molar-refractivity contribution in [2.75, 3.05) is 6.61 Å². The quantitative estimate of drug-likeness (QED) is 0.760. The van der Waals surface area contributed by atoms with Gasteiger partial charge < -0.3 is 14.9 Å². The van der Waals surface area contributed by atoms with Crippen molar-refractivity contribution in [1.82, 2.24) is 19.5 Å². The Hall–Kier alpha value is -1.35. The fraction of sp³-hybridized carbons (Fsp3) is 0.500. The molecule has 2 aromatic rings. The Morgan fingerprint density at radius 3 is 2.89 bits per heavy atom. The average molecular weight is 289 g/mol. The van der Waals surface area contributed by atoms with E-state index >= 15 is 0 Å². The fourth-order valence-corrected chi connectivity index (χ4v) is 2.27. The molecule has 4 atom stereocenters. The molecule has 1 unspecified atom stereocenters. The summed E-state index contributed by atoms with van der Waals surface area (Å²) in [6, 6.07) is 0. The van der Waals surface area contributed by atoms with Crippen LogP contribution in [0.25, 0.3) is 11.2 Å². The molecular weight excluding hydrogens is 279 g/mol. The second-order valence-electron chi connectivity index (χ2n) is 4.17. The minimum absolute atomic E-state index is 0.159. The van der Waals surface area contributed by atoms with Gasteiger partial charge in [0, 0.05) is 0 Å². The topological polar surface area (TPSA) is 93.3 Å². The SMILES string of the molecule is OC[C@H]1O[C@@H](n2cnc3c(Cl)ncnc32)[C@@H](O)C1F. The van der Waals surface area contributed by atoms with Crippen LogP contribution < -0.4 is 0 Å². The number of aliphatic hydroxyl groups excluding tert-OH is 2. The highest BCUT2D eigenvalue weighted by Gasteiger charge is 2.45. The molecule has 0 radical (unpaired) electrons. The molecule has 1 saturated heterocycles. The van der Waals surface area contributed by atoms with Gasteiger partial charge >= 0.3 is 0 Å². The Kier molecular flexibility index (Phi) is 3.09. The number of halogens is 2. The third kappa shape index (κ3) is 1.88. The van der Waals surface area contributed by atoms with Crippen molar-refractivity contribution in [2.24, 2.45) is 0 Å². The van der Waals surface area contributed by atoms with Crippen molar-refractivity contribution in [2.45, 2.75) is 24.6 Å². The summed E-state index contributed by atoms with van der Waals surface area (Å²) in [6.07, 6.45) is -2.60. The van der Waals surface area contributed by atoms with E-state index in [1.54, 1.807) is 0 Å². The molecule has 3 rings (SSSR count). The van der Waals surface area contributed by atoms with Crippen LogP contribution in [0.2, 0.25) is 5.15 Å². The normalized spacial score (nSPS) is 31.2. The number of aliphatic hydroxyl groups is 2. The molecule has 0 amide bonds. The third-order valence-electron chi connectivity index (χ3n) is 3.06. The third-order valence-corrected chi connectivity index (χ3v) is 3.33. The predicted octanol–water partition coefficient (Wildman–Crippen LogP) is 0.0684. The molecule has 0 bridgehead atoms.